The smallest absolute Gasteiger partial charge is 0.338 e. The number of halogens is 1. The number of nitro benzene ring substituents is 1. The summed E-state index contributed by atoms with van der Waals surface area (Å²) in [5.41, 5.74) is 5.07. The number of hydrogen-bond donors (Lipinski definition) is 3. The first-order valence-electron chi connectivity index (χ1n) is 13.8. The van der Waals surface area contributed by atoms with E-state index >= 15 is 0 Å². The molecule has 1 amide bonds. The van der Waals surface area contributed by atoms with Gasteiger partial charge in [-0.3, -0.25) is 14.9 Å². The number of nitro groups is 1. The maximum Gasteiger partial charge on any atom is 0.338 e. The topological polar surface area (TPSA) is 163 Å². The molecule has 1 aliphatic rings. The normalized spacial score (nSPS) is 14.3. The zero-order chi connectivity index (χ0) is 33.2. The predicted molar refractivity (Wildman–Crippen MR) is 174 cm³/mol. The van der Waals surface area contributed by atoms with E-state index < -0.39 is 22.8 Å². The lowest BCUT2D eigenvalue weighted by Crippen LogP contribution is -2.45. The maximum atomic E-state index is 12.7. The molecule has 1 heterocycles. The van der Waals surface area contributed by atoms with Crippen molar-refractivity contribution in [3.05, 3.63) is 104 Å². The Balaban J connectivity index is 1.38. The minimum Gasteiger partial charge on any atom is -0.493 e. The lowest BCUT2D eigenvalue weighted by Gasteiger charge is -2.30. The van der Waals surface area contributed by atoms with Gasteiger partial charge in [0.15, 0.2) is 23.2 Å². The highest BCUT2D eigenvalue weighted by atomic mass is 35.5. The van der Waals surface area contributed by atoms with E-state index in [-0.39, 0.29) is 36.3 Å². The number of nitrogens with one attached hydrogen (secondary N) is 3. The third-order valence-corrected chi connectivity index (χ3v) is 7.04. The van der Waals surface area contributed by atoms with Crippen molar-refractivity contribution in [1.29, 1.82) is 0 Å². The number of hydrogen-bond acceptors (Lipinski definition) is 10. The van der Waals surface area contributed by atoms with E-state index in [1.54, 1.807) is 62.4 Å². The van der Waals surface area contributed by atoms with Crippen LogP contribution in [0.15, 0.2) is 77.0 Å². The summed E-state index contributed by atoms with van der Waals surface area (Å²) in [4.78, 5) is 35.7. The number of allylic oxidation sites excluding steroid dienone is 1. The lowest BCUT2D eigenvalue weighted by atomic mass is 9.95. The highest BCUT2D eigenvalue weighted by molar-refractivity contribution is 7.80. The number of rotatable bonds is 13. The van der Waals surface area contributed by atoms with E-state index in [1.807, 2.05) is 0 Å². The van der Waals surface area contributed by atoms with Crippen LogP contribution < -0.4 is 30.3 Å². The molecular formula is C31H30ClN5O8S. The molecule has 3 N–H and O–H groups in total. The predicted octanol–water partition coefficient (Wildman–Crippen LogP) is 4.72. The van der Waals surface area contributed by atoms with Gasteiger partial charge in [-0.15, -0.1) is 0 Å². The van der Waals surface area contributed by atoms with Crippen LogP contribution in [-0.2, 0) is 20.9 Å². The summed E-state index contributed by atoms with van der Waals surface area (Å²) in [6, 6.07) is 15.4. The van der Waals surface area contributed by atoms with Gasteiger partial charge in [0.25, 0.3) is 11.6 Å². The number of amides is 1. The lowest BCUT2D eigenvalue weighted by molar-refractivity contribution is -0.384. The number of nitrogens with zero attached hydrogens (tertiary/aromatic N) is 2. The Labute approximate surface area is 274 Å². The molecule has 3 aromatic rings. The Bertz CT molecular complexity index is 1700. The number of ether oxygens (including phenoxy) is 4. The Morgan fingerprint density at radius 3 is 2.57 bits per heavy atom. The molecule has 1 atom stereocenters. The van der Waals surface area contributed by atoms with Crippen LogP contribution in [0, 0.1) is 10.1 Å². The second-order valence-corrected chi connectivity index (χ2v) is 10.5. The average molecular weight is 668 g/mol. The third kappa shape index (κ3) is 8.49. The molecule has 0 unspecified atom stereocenters. The molecule has 0 spiro atoms. The molecular weight excluding hydrogens is 638 g/mol. The summed E-state index contributed by atoms with van der Waals surface area (Å²) in [7, 11) is 1.45. The summed E-state index contributed by atoms with van der Waals surface area (Å²) in [5.74, 6) is -0.0942. The second kappa shape index (κ2) is 15.7. The highest BCUT2D eigenvalue weighted by Crippen LogP contribution is 2.37. The summed E-state index contributed by atoms with van der Waals surface area (Å²) in [6.45, 7) is 3.37. The van der Waals surface area contributed by atoms with Crippen LogP contribution in [-0.4, -0.2) is 48.5 Å². The van der Waals surface area contributed by atoms with Gasteiger partial charge in [-0.25, -0.2) is 10.2 Å². The number of methoxy groups -OCH3 is 1. The number of benzene rings is 3. The fourth-order valence-corrected chi connectivity index (χ4v) is 4.98. The molecule has 0 saturated carbocycles. The molecule has 3 aromatic carbocycles. The molecule has 15 heteroatoms. The molecule has 46 heavy (non-hydrogen) atoms. The molecule has 0 aliphatic carbocycles. The first kappa shape index (κ1) is 33.7. The molecule has 0 radical (unpaired) electrons. The molecule has 0 saturated heterocycles. The zero-order valence-corrected chi connectivity index (χ0v) is 26.6. The number of carbonyl (C=O) groups excluding carboxylic acids is 2. The Morgan fingerprint density at radius 1 is 1.13 bits per heavy atom. The van der Waals surface area contributed by atoms with Crippen molar-refractivity contribution in [2.24, 2.45) is 5.10 Å². The zero-order valence-electron chi connectivity index (χ0n) is 25.0. The summed E-state index contributed by atoms with van der Waals surface area (Å²) in [6.07, 6.45) is 1.37. The third-order valence-electron chi connectivity index (χ3n) is 6.54. The molecule has 13 nitrogen and oxygen atoms in total. The molecule has 0 bridgehead atoms. The summed E-state index contributed by atoms with van der Waals surface area (Å²) >= 11 is 11.7. The van der Waals surface area contributed by atoms with E-state index in [1.165, 1.54) is 25.5 Å². The van der Waals surface area contributed by atoms with Gasteiger partial charge in [-0.05, 0) is 67.5 Å². The van der Waals surface area contributed by atoms with E-state index in [2.05, 4.69) is 21.2 Å². The number of esters is 1. The second-order valence-electron chi connectivity index (χ2n) is 9.66. The minimum absolute atomic E-state index is 0.0248. The van der Waals surface area contributed by atoms with Crippen molar-refractivity contribution < 1.29 is 33.5 Å². The van der Waals surface area contributed by atoms with Crippen LogP contribution in [0.25, 0.3) is 0 Å². The number of para-hydroxylation sites is 1. The van der Waals surface area contributed by atoms with Crippen LogP contribution in [0.3, 0.4) is 0 Å². The average Bonchev–Trinajstić information content (AvgIpc) is 3.03. The van der Waals surface area contributed by atoms with Gasteiger partial charge in [-0.1, -0.05) is 29.8 Å². The van der Waals surface area contributed by atoms with Gasteiger partial charge in [-0.2, -0.15) is 5.10 Å². The Morgan fingerprint density at radius 2 is 1.87 bits per heavy atom. The minimum atomic E-state index is -0.661. The summed E-state index contributed by atoms with van der Waals surface area (Å²) < 4.78 is 22.3. The van der Waals surface area contributed by atoms with Crippen molar-refractivity contribution in [2.45, 2.75) is 26.5 Å². The van der Waals surface area contributed by atoms with Crippen molar-refractivity contribution in [3.8, 4) is 17.2 Å². The van der Waals surface area contributed by atoms with Crippen LogP contribution in [0.5, 0.6) is 17.2 Å². The Hall–Kier alpha value is -5.21. The van der Waals surface area contributed by atoms with E-state index in [0.29, 0.717) is 44.6 Å². The van der Waals surface area contributed by atoms with Gasteiger partial charge in [0.05, 0.1) is 41.5 Å². The quantitative estimate of drug-likeness (QED) is 0.0760. The Kier molecular flexibility index (Phi) is 11.5. The largest absolute Gasteiger partial charge is 0.493 e. The maximum absolute atomic E-state index is 12.7. The van der Waals surface area contributed by atoms with Crippen molar-refractivity contribution >= 4 is 52.7 Å². The number of non-ortho nitro benzene ring substituents is 1. The van der Waals surface area contributed by atoms with Gasteiger partial charge in [0.1, 0.15) is 12.4 Å². The van der Waals surface area contributed by atoms with Crippen LogP contribution >= 0.6 is 23.8 Å². The molecule has 0 aromatic heterocycles. The number of hydrazone groups is 1. The first-order chi connectivity index (χ1) is 22.1. The molecule has 0 fully saturated rings. The van der Waals surface area contributed by atoms with Gasteiger partial charge in [0.2, 0.25) is 0 Å². The molecule has 1 aliphatic heterocycles. The summed E-state index contributed by atoms with van der Waals surface area (Å²) in [5, 5.41) is 21.4. The standard InChI is InChI=1S/C31H30ClN5O8S/c1-4-43-30(39)27-18(2)34-31(46)35-28(27)22-7-5-6-8-24(22)44-17-26(38)36-33-15-20-13-23(32)29(25(14-20)42-3)45-16-19-9-11-21(12-10-19)37(40)41/h5-15,28H,4,16-17H2,1-3H3,(H,36,38)(H2,34,35,46)/t28-/m1/s1. The number of carbonyl (C=O) groups is 2. The van der Waals surface area contributed by atoms with Gasteiger partial charge < -0.3 is 29.6 Å². The molecule has 4 rings (SSSR count). The van der Waals surface area contributed by atoms with Crippen molar-refractivity contribution in [3.63, 3.8) is 0 Å². The van der Waals surface area contributed by atoms with Crippen LogP contribution in [0.2, 0.25) is 5.02 Å². The van der Waals surface area contributed by atoms with Crippen molar-refractivity contribution in [1.82, 2.24) is 16.1 Å². The fourth-order valence-electron chi connectivity index (χ4n) is 4.44. The monoisotopic (exact) mass is 667 g/mol. The number of thiocarbonyl (C=S) groups is 1. The van der Waals surface area contributed by atoms with Gasteiger partial charge in [0, 0.05) is 23.4 Å². The van der Waals surface area contributed by atoms with Crippen molar-refractivity contribution in [2.75, 3.05) is 20.3 Å². The van der Waals surface area contributed by atoms with Gasteiger partial charge >= 0.3 is 5.97 Å². The molecule has 240 valence electrons. The highest BCUT2D eigenvalue weighted by Gasteiger charge is 2.32. The SMILES string of the molecule is CCOC(=O)C1=C(C)NC(=S)N[C@@H]1c1ccccc1OCC(=O)NN=Cc1cc(Cl)c(OCc2ccc([N+](=O)[O-])cc2)c(OC)c1. The first-order valence-corrected chi connectivity index (χ1v) is 14.6. The van der Waals surface area contributed by atoms with E-state index in [9.17, 15) is 19.7 Å². The van der Waals surface area contributed by atoms with E-state index in [0.717, 1.165) is 0 Å². The van der Waals surface area contributed by atoms with E-state index in [4.69, 9.17) is 42.8 Å². The van der Waals surface area contributed by atoms with Crippen LogP contribution in [0.1, 0.15) is 36.6 Å². The van der Waals surface area contributed by atoms with Crippen LogP contribution in [0.4, 0.5) is 5.69 Å². The fraction of sp³-hybridized carbons (Fsp3) is 0.226.